The average Bonchev–Trinajstić information content (AvgIpc) is 1.57. The summed E-state index contributed by atoms with van der Waals surface area (Å²) in [5, 5.41) is 0. The third-order valence-electron chi connectivity index (χ3n) is 24.8. The molecular formula is C102H122N2. The van der Waals surface area contributed by atoms with Gasteiger partial charge in [0.05, 0.1) is 0 Å². The Morgan fingerprint density at radius 1 is 0.269 bits per heavy atom. The van der Waals surface area contributed by atoms with Gasteiger partial charge in [0.15, 0.2) is 0 Å². The highest BCUT2D eigenvalue weighted by Gasteiger charge is 2.44. The number of aryl methyl sites for hydroxylation is 4. The van der Waals surface area contributed by atoms with Gasteiger partial charge in [-0.05, 0) is 250 Å². The van der Waals surface area contributed by atoms with Gasteiger partial charge in [0, 0.05) is 45.0 Å². The SMILES string of the molecule is CCCCCCCCC1(CCCCCCCC)c2cc(C)ccc2-c2ccc(-c3ccc(N(c4ccc(-c5ccc6c(c5)C(CCCCCCCC)(CCCCCCCC)c5cc(-c7ccc(N(c8ccc(C)cc8)c8ccc9c(c8)CC9)cc7)ccc5-6)cc4)c4ccc(C(C)CC)cc4)cc3)cc21. The zero-order valence-corrected chi connectivity index (χ0v) is 65.1. The van der Waals surface area contributed by atoms with Gasteiger partial charge in [-0.3, -0.25) is 0 Å². The first kappa shape index (κ1) is 74.1. The van der Waals surface area contributed by atoms with E-state index < -0.39 is 0 Å². The van der Waals surface area contributed by atoms with Gasteiger partial charge in [0.25, 0.3) is 0 Å². The molecule has 3 aliphatic rings. The maximum absolute atomic E-state index is 2.65. The van der Waals surface area contributed by atoms with E-state index in [1.165, 1.54) is 304 Å². The lowest BCUT2D eigenvalue weighted by Crippen LogP contribution is -2.25. The number of hydrogen-bond donors (Lipinski definition) is 0. The highest BCUT2D eigenvalue weighted by atomic mass is 15.1. The van der Waals surface area contributed by atoms with Crippen molar-refractivity contribution in [1.29, 1.82) is 0 Å². The van der Waals surface area contributed by atoms with Gasteiger partial charge in [-0.25, -0.2) is 0 Å². The van der Waals surface area contributed by atoms with Gasteiger partial charge in [-0.2, -0.15) is 0 Å². The molecule has 0 aromatic heterocycles. The molecule has 0 heterocycles. The van der Waals surface area contributed by atoms with E-state index in [1.54, 1.807) is 22.3 Å². The van der Waals surface area contributed by atoms with Crippen LogP contribution in [0.15, 0.2) is 212 Å². The van der Waals surface area contributed by atoms with E-state index in [2.05, 4.69) is 278 Å². The highest BCUT2D eigenvalue weighted by molar-refractivity contribution is 5.89. The van der Waals surface area contributed by atoms with E-state index >= 15 is 0 Å². The van der Waals surface area contributed by atoms with E-state index in [4.69, 9.17) is 0 Å². The summed E-state index contributed by atoms with van der Waals surface area (Å²) in [6.45, 7) is 18.5. The Morgan fingerprint density at radius 3 is 0.904 bits per heavy atom. The van der Waals surface area contributed by atoms with Crippen molar-refractivity contribution in [2.24, 2.45) is 0 Å². The Hall–Kier alpha value is -8.20. The number of unbranched alkanes of at least 4 members (excludes halogenated alkanes) is 20. The fourth-order valence-corrected chi connectivity index (χ4v) is 18.3. The van der Waals surface area contributed by atoms with Crippen molar-refractivity contribution < 1.29 is 0 Å². The average molecular weight is 1380 g/mol. The first-order chi connectivity index (χ1) is 51.1. The van der Waals surface area contributed by atoms with Gasteiger partial charge >= 0.3 is 0 Å². The quantitative estimate of drug-likeness (QED) is 0.0354. The topological polar surface area (TPSA) is 6.48 Å². The zero-order chi connectivity index (χ0) is 71.8. The van der Waals surface area contributed by atoms with E-state index in [9.17, 15) is 0 Å². The van der Waals surface area contributed by atoms with Gasteiger partial charge < -0.3 is 9.80 Å². The lowest BCUT2D eigenvalue weighted by atomic mass is 9.70. The smallest absolute Gasteiger partial charge is 0.0464 e. The molecule has 2 heteroatoms. The van der Waals surface area contributed by atoms with Crippen LogP contribution in [-0.2, 0) is 23.7 Å². The van der Waals surface area contributed by atoms with Crippen LogP contribution in [0.3, 0.4) is 0 Å². The summed E-state index contributed by atoms with van der Waals surface area (Å²) in [6, 6.07) is 84.3. The molecule has 1 unspecified atom stereocenters. The number of anilines is 6. The lowest BCUT2D eigenvalue weighted by Gasteiger charge is -2.33. The predicted octanol–water partition coefficient (Wildman–Crippen LogP) is 31.4. The summed E-state index contributed by atoms with van der Waals surface area (Å²) < 4.78 is 0. The maximum Gasteiger partial charge on any atom is 0.0464 e. The van der Waals surface area contributed by atoms with Crippen LogP contribution in [0.25, 0.3) is 55.6 Å². The molecule has 0 amide bonds. The van der Waals surface area contributed by atoms with Crippen molar-refractivity contribution in [3.63, 3.8) is 0 Å². The van der Waals surface area contributed by atoms with Crippen LogP contribution in [0.2, 0.25) is 0 Å². The second-order valence-corrected chi connectivity index (χ2v) is 32.1. The number of hydrogen-bond acceptors (Lipinski definition) is 2. The molecular weight excluding hydrogens is 1250 g/mol. The van der Waals surface area contributed by atoms with E-state index in [0.717, 1.165) is 12.8 Å². The van der Waals surface area contributed by atoms with Crippen molar-refractivity contribution in [3.05, 3.63) is 262 Å². The molecule has 0 aliphatic heterocycles. The van der Waals surface area contributed by atoms with Crippen molar-refractivity contribution in [2.45, 2.75) is 271 Å². The number of fused-ring (bicyclic) bond motifs is 7. The molecule has 0 fully saturated rings. The second-order valence-electron chi connectivity index (χ2n) is 32.1. The Morgan fingerprint density at radius 2 is 0.558 bits per heavy atom. The minimum Gasteiger partial charge on any atom is -0.311 e. The van der Waals surface area contributed by atoms with E-state index in [-0.39, 0.29) is 10.8 Å². The first-order valence-electron chi connectivity index (χ1n) is 41.8. The first-order valence-corrected chi connectivity index (χ1v) is 41.8. The number of nitrogens with zero attached hydrogens (tertiary/aromatic N) is 2. The highest BCUT2D eigenvalue weighted by Crippen LogP contribution is 2.58. The van der Waals surface area contributed by atoms with Crippen LogP contribution in [0.5, 0.6) is 0 Å². The summed E-state index contributed by atoms with van der Waals surface area (Å²) in [6.07, 6.45) is 39.7. The van der Waals surface area contributed by atoms with Gasteiger partial charge in [-0.15, -0.1) is 0 Å². The fraction of sp³-hybridized carbons (Fsp3) is 0.412. The van der Waals surface area contributed by atoms with Crippen molar-refractivity contribution in [1.82, 2.24) is 0 Å². The number of benzene rings is 10. The molecule has 104 heavy (non-hydrogen) atoms. The van der Waals surface area contributed by atoms with Crippen LogP contribution in [0, 0.1) is 13.8 Å². The van der Waals surface area contributed by atoms with Crippen molar-refractivity contribution in [3.8, 4) is 55.6 Å². The van der Waals surface area contributed by atoms with Crippen LogP contribution < -0.4 is 9.80 Å². The molecule has 0 N–H and O–H groups in total. The molecule has 0 saturated carbocycles. The Labute approximate surface area is 629 Å². The van der Waals surface area contributed by atoms with E-state index in [0.29, 0.717) is 5.92 Å². The van der Waals surface area contributed by atoms with Crippen LogP contribution in [0.1, 0.15) is 284 Å². The monoisotopic (exact) mass is 1370 g/mol. The van der Waals surface area contributed by atoms with Crippen molar-refractivity contribution >= 4 is 34.1 Å². The number of rotatable bonds is 39. The molecule has 2 nitrogen and oxygen atoms in total. The third kappa shape index (κ3) is 16.4. The minimum absolute atomic E-state index is 0.0380. The Kier molecular flexibility index (Phi) is 25.1. The van der Waals surface area contributed by atoms with Gasteiger partial charge in [0.1, 0.15) is 0 Å². The molecule has 13 rings (SSSR count). The van der Waals surface area contributed by atoms with Crippen LogP contribution >= 0.6 is 0 Å². The summed E-state index contributed by atoms with van der Waals surface area (Å²) in [5.74, 6) is 0.503. The van der Waals surface area contributed by atoms with Crippen LogP contribution in [0.4, 0.5) is 34.1 Å². The molecule has 3 aliphatic carbocycles. The lowest BCUT2D eigenvalue weighted by molar-refractivity contribution is 0.398. The maximum atomic E-state index is 2.65. The molecule has 1 atom stereocenters. The summed E-state index contributed by atoms with van der Waals surface area (Å²) in [5.41, 5.74) is 34.0. The van der Waals surface area contributed by atoms with Crippen LogP contribution in [-0.4, -0.2) is 0 Å². The molecule has 0 radical (unpaired) electrons. The molecule has 0 spiro atoms. The Balaban J connectivity index is 0.830. The molecule has 540 valence electrons. The third-order valence-corrected chi connectivity index (χ3v) is 24.8. The van der Waals surface area contributed by atoms with Gasteiger partial charge in [-0.1, -0.05) is 328 Å². The summed E-state index contributed by atoms with van der Waals surface area (Å²) in [4.78, 5) is 4.94. The second kappa shape index (κ2) is 35.3. The summed E-state index contributed by atoms with van der Waals surface area (Å²) >= 11 is 0. The zero-order valence-electron chi connectivity index (χ0n) is 65.1. The summed E-state index contributed by atoms with van der Waals surface area (Å²) in [7, 11) is 0. The standard InChI is InChI=1S/C102H122N2/c1-9-14-18-22-26-30-66-101(67-31-27-23-19-15-10-2)97-70-76(7)36-62-93(97)94-63-48-84(72-98(94)101)80-41-55-89(56-42-80)103(88-53-39-78(40-54-88)77(8)13-5)90-57-43-81(44-58-90)85-49-64-95-96-65-50-86(74-100(96)102(99(95)73-85,68-32-28-24-20-16-11-3)69-33-29-25-21-17-12-4)82-45-59-91(60-46-82)104(87-51-34-75(6)35-52-87)92-61-47-79-37-38-83(79)71-92/h34-36,39-65,70-74,77H,9-33,37-38,66-69H2,1-8H3. The molecule has 0 saturated heterocycles. The van der Waals surface area contributed by atoms with Crippen molar-refractivity contribution in [2.75, 3.05) is 9.80 Å². The largest absolute Gasteiger partial charge is 0.311 e. The minimum atomic E-state index is -0.0816. The molecule has 0 bridgehead atoms. The Bertz CT molecular complexity index is 4360. The molecule has 10 aromatic carbocycles. The fourth-order valence-electron chi connectivity index (χ4n) is 18.3. The van der Waals surface area contributed by atoms with Gasteiger partial charge in [0.2, 0.25) is 0 Å². The molecule has 10 aromatic rings. The normalized spacial score (nSPS) is 13.8. The predicted molar refractivity (Wildman–Crippen MR) is 452 cm³/mol. The van der Waals surface area contributed by atoms with E-state index in [1.807, 2.05) is 0 Å².